The fraction of sp³-hybridized carbons (Fsp3) is 0.500. The van der Waals surface area contributed by atoms with E-state index in [2.05, 4.69) is 15.0 Å². The molecule has 2 rings (SSSR count). The van der Waals surface area contributed by atoms with Crippen molar-refractivity contribution in [3.05, 3.63) is 23.0 Å². The number of carboxylic acids is 1. The molecule has 0 saturated heterocycles. The van der Waals surface area contributed by atoms with E-state index < -0.39 is 13.6 Å². The topological polar surface area (TPSA) is 162 Å². The largest absolute Gasteiger partial charge is 0.481 e. The van der Waals surface area contributed by atoms with Gasteiger partial charge in [-0.25, -0.2) is 9.97 Å². The first-order chi connectivity index (χ1) is 11.3. The van der Waals surface area contributed by atoms with Gasteiger partial charge >= 0.3 is 13.6 Å². The average molecular weight is 359 g/mol. The van der Waals surface area contributed by atoms with Crippen LogP contribution in [0.3, 0.4) is 0 Å². The van der Waals surface area contributed by atoms with E-state index in [-0.39, 0.29) is 49.8 Å². The summed E-state index contributed by atoms with van der Waals surface area (Å²) in [6.45, 7) is 0.631. The summed E-state index contributed by atoms with van der Waals surface area (Å²) in [7, 11) is -4.18. The Bertz CT molecular complexity index is 812. The predicted octanol–water partition coefficient (Wildman–Crippen LogP) is -0.926. The van der Waals surface area contributed by atoms with Gasteiger partial charge in [-0.3, -0.25) is 18.7 Å². The van der Waals surface area contributed by atoms with Crippen molar-refractivity contribution in [3.63, 3.8) is 0 Å². The minimum Gasteiger partial charge on any atom is -0.481 e. The maximum atomic E-state index is 12.2. The summed E-state index contributed by atoms with van der Waals surface area (Å²) >= 11 is 0. The standard InChI is InChI=1S/C12H18N5O6P/c18-9(19)1-2-16(5-6-24(21,22)23)3-4-17-8-15-11-10(12(17)20)13-7-14-11/h7-8H,1-6H2,(H,13,14)(H,18,19)(H2,21,22,23). The molecule has 0 aliphatic heterocycles. The summed E-state index contributed by atoms with van der Waals surface area (Å²) < 4.78 is 12.3. The minimum atomic E-state index is -4.18. The van der Waals surface area contributed by atoms with Crippen molar-refractivity contribution in [2.75, 3.05) is 25.8 Å². The average Bonchev–Trinajstić information content (AvgIpc) is 2.96. The van der Waals surface area contributed by atoms with Gasteiger partial charge in [-0.05, 0) is 0 Å². The molecule has 0 aliphatic rings. The number of aliphatic carboxylic acids is 1. The second-order valence-corrected chi connectivity index (χ2v) is 6.99. The lowest BCUT2D eigenvalue weighted by Gasteiger charge is -2.22. The number of aromatic amines is 1. The number of fused-ring (bicyclic) bond motifs is 1. The molecule has 0 bridgehead atoms. The fourth-order valence-electron chi connectivity index (χ4n) is 2.13. The van der Waals surface area contributed by atoms with E-state index >= 15 is 0 Å². The molecule has 0 radical (unpaired) electrons. The number of nitrogens with zero attached hydrogens (tertiary/aromatic N) is 4. The van der Waals surface area contributed by atoms with Crippen molar-refractivity contribution in [1.29, 1.82) is 0 Å². The van der Waals surface area contributed by atoms with Gasteiger partial charge in [0.05, 0.1) is 18.9 Å². The summed E-state index contributed by atoms with van der Waals surface area (Å²) in [6, 6.07) is 0. The van der Waals surface area contributed by atoms with Crippen molar-refractivity contribution < 1.29 is 24.3 Å². The molecule has 0 fully saturated rings. The Morgan fingerprint density at radius 3 is 2.71 bits per heavy atom. The summed E-state index contributed by atoms with van der Waals surface area (Å²) in [5, 5.41) is 8.76. The molecule has 24 heavy (non-hydrogen) atoms. The fourth-order valence-corrected chi connectivity index (χ4v) is 2.68. The number of hydrogen-bond donors (Lipinski definition) is 4. The van der Waals surface area contributed by atoms with E-state index in [0.717, 1.165) is 0 Å². The summed E-state index contributed by atoms with van der Waals surface area (Å²) in [4.78, 5) is 53.0. The van der Waals surface area contributed by atoms with Crippen LogP contribution in [0, 0.1) is 0 Å². The zero-order valence-electron chi connectivity index (χ0n) is 12.7. The highest BCUT2D eigenvalue weighted by Crippen LogP contribution is 2.33. The Hall–Kier alpha value is -2.07. The first kappa shape index (κ1) is 18.3. The molecule has 12 heteroatoms. The summed E-state index contributed by atoms with van der Waals surface area (Å²) in [6.07, 6.45) is 2.17. The van der Waals surface area contributed by atoms with Crippen LogP contribution in [0.2, 0.25) is 0 Å². The summed E-state index contributed by atoms with van der Waals surface area (Å²) in [5.74, 6) is -1.01. The van der Waals surface area contributed by atoms with Crippen molar-refractivity contribution in [2.45, 2.75) is 13.0 Å². The van der Waals surface area contributed by atoms with E-state index in [1.54, 1.807) is 4.90 Å². The molecule has 2 aromatic heterocycles. The molecule has 0 saturated carbocycles. The molecule has 0 aliphatic carbocycles. The molecule has 0 atom stereocenters. The van der Waals surface area contributed by atoms with E-state index in [0.29, 0.717) is 5.65 Å². The molecule has 11 nitrogen and oxygen atoms in total. The highest BCUT2D eigenvalue weighted by atomic mass is 31.2. The van der Waals surface area contributed by atoms with Crippen molar-refractivity contribution in [2.24, 2.45) is 0 Å². The van der Waals surface area contributed by atoms with E-state index in [1.165, 1.54) is 17.2 Å². The summed E-state index contributed by atoms with van der Waals surface area (Å²) in [5.41, 5.74) is 0.260. The van der Waals surface area contributed by atoms with Crippen molar-refractivity contribution >= 4 is 24.7 Å². The van der Waals surface area contributed by atoms with Crippen LogP contribution in [0.1, 0.15) is 6.42 Å². The monoisotopic (exact) mass is 359 g/mol. The molecule has 132 valence electrons. The molecule has 0 amide bonds. The Labute approximate surface area is 136 Å². The molecular weight excluding hydrogens is 341 g/mol. The van der Waals surface area contributed by atoms with Crippen LogP contribution < -0.4 is 5.56 Å². The van der Waals surface area contributed by atoms with E-state index in [1.807, 2.05) is 0 Å². The first-order valence-corrected chi connectivity index (χ1v) is 8.93. The number of rotatable bonds is 9. The molecule has 0 spiro atoms. The SMILES string of the molecule is O=C(O)CCN(CCn1cnc2nc[nH]c2c1=O)CCP(=O)(O)O. The number of imidazole rings is 1. The number of carbonyl (C=O) groups is 1. The van der Waals surface area contributed by atoms with Crippen LogP contribution in [-0.4, -0.2) is 71.1 Å². The molecule has 2 heterocycles. The Kier molecular flexibility index (Phi) is 5.84. The molecule has 2 aromatic rings. The van der Waals surface area contributed by atoms with Crippen LogP contribution in [0.25, 0.3) is 11.2 Å². The predicted molar refractivity (Wildman–Crippen MR) is 83.8 cm³/mol. The third kappa shape index (κ3) is 5.24. The van der Waals surface area contributed by atoms with Gasteiger partial charge in [-0.15, -0.1) is 0 Å². The minimum absolute atomic E-state index is 0.0338. The number of H-pyrrole nitrogens is 1. The lowest BCUT2D eigenvalue weighted by Crippen LogP contribution is -2.34. The highest BCUT2D eigenvalue weighted by Gasteiger charge is 2.17. The van der Waals surface area contributed by atoms with Gasteiger partial charge in [0.2, 0.25) is 0 Å². The first-order valence-electron chi connectivity index (χ1n) is 7.13. The van der Waals surface area contributed by atoms with Crippen LogP contribution in [0.4, 0.5) is 0 Å². The Morgan fingerprint density at radius 1 is 1.29 bits per heavy atom. The molecule has 0 unspecified atom stereocenters. The second-order valence-electron chi connectivity index (χ2n) is 5.22. The van der Waals surface area contributed by atoms with E-state index in [4.69, 9.17) is 14.9 Å². The number of carboxylic acid groups (broad SMARTS) is 1. The van der Waals surface area contributed by atoms with Gasteiger partial charge in [0.25, 0.3) is 5.56 Å². The maximum Gasteiger partial charge on any atom is 0.326 e. The zero-order valence-corrected chi connectivity index (χ0v) is 13.6. The lowest BCUT2D eigenvalue weighted by molar-refractivity contribution is -0.137. The van der Waals surface area contributed by atoms with Crippen molar-refractivity contribution in [3.8, 4) is 0 Å². The zero-order chi connectivity index (χ0) is 17.7. The van der Waals surface area contributed by atoms with Crippen LogP contribution in [0.5, 0.6) is 0 Å². The van der Waals surface area contributed by atoms with Crippen molar-refractivity contribution in [1.82, 2.24) is 24.4 Å². The molecule has 0 aromatic carbocycles. The van der Waals surface area contributed by atoms with Gasteiger partial charge in [-0.1, -0.05) is 0 Å². The Balaban J connectivity index is 2.04. The van der Waals surface area contributed by atoms with Crippen LogP contribution in [0.15, 0.2) is 17.4 Å². The Morgan fingerprint density at radius 2 is 2.04 bits per heavy atom. The number of aromatic nitrogens is 4. The lowest BCUT2D eigenvalue weighted by atomic mass is 10.3. The smallest absolute Gasteiger partial charge is 0.326 e. The number of hydrogen-bond acceptors (Lipinski definition) is 6. The van der Waals surface area contributed by atoms with Gasteiger partial charge in [0, 0.05) is 26.2 Å². The third-order valence-corrected chi connectivity index (χ3v) is 4.20. The molecular formula is C12H18N5O6P. The van der Waals surface area contributed by atoms with Gasteiger partial charge in [0.15, 0.2) is 11.2 Å². The third-order valence-electron chi connectivity index (χ3n) is 3.42. The van der Waals surface area contributed by atoms with Crippen LogP contribution >= 0.6 is 7.60 Å². The van der Waals surface area contributed by atoms with Gasteiger partial charge < -0.3 is 24.8 Å². The van der Waals surface area contributed by atoms with Crippen LogP contribution in [-0.2, 0) is 15.9 Å². The quantitative estimate of drug-likeness (QED) is 0.415. The molecule has 4 N–H and O–H groups in total. The van der Waals surface area contributed by atoms with Gasteiger partial charge in [0.1, 0.15) is 6.33 Å². The highest BCUT2D eigenvalue weighted by molar-refractivity contribution is 7.51. The maximum absolute atomic E-state index is 12.2. The normalized spacial score (nSPS) is 12.1. The second kappa shape index (κ2) is 7.67. The van der Waals surface area contributed by atoms with E-state index in [9.17, 15) is 14.2 Å². The van der Waals surface area contributed by atoms with Gasteiger partial charge in [-0.2, -0.15) is 0 Å². The number of nitrogens with one attached hydrogen (secondary N) is 1.